The summed E-state index contributed by atoms with van der Waals surface area (Å²) >= 11 is 0. The number of nitrogens with zero attached hydrogens (tertiary/aromatic N) is 1. The lowest BCUT2D eigenvalue weighted by atomic mass is 10.1. The number of benzene rings is 1. The molecule has 28 heavy (non-hydrogen) atoms. The van der Waals surface area contributed by atoms with E-state index in [4.69, 9.17) is 9.47 Å². The van der Waals surface area contributed by atoms with Crippen LogP contribution < -0.4 is 10.1 Å². The third-order valence-corrected chi connectivity index (χ3v) is 6.74. The maximum atomic E-state index is 13.0. The lowest BCUT2D eigenvalue weighted by molar-refractivity contribution is -0.117. The van der Waals surface area contributed by atoms with E-state index in [-0.39, 0.29) is 11.9 Å². The number of nitrogens with one attached hydrogen (secondary N) is 1. The van der Waals surface area contributed by atoms with E-state index in [1.54, 1.807) is 25.3 Å². The zero-order chi connectivity index (χ0) is 19.8. The van der Waals surface area contributed by atoms with Crippen molar-refractivity contribution in [2.24, 2.45) is 0 Å². The molecule has 1 aromatic carbocycles. The molecule has 1 heterocycles. The van der Waals surface area contributed by atoms with Crippen molar-refractivity contribution in [1.82, 2.24) is 9.62 Å². The number of hydrogen-bond acceptors (Lipinski definition) is 4. The molecular weight excluding hydrogens is 376 g/mol. The van der Waals surface area contributed by atoms with Gasteiger partial charge in [0.25, 0.3) is 0 Å². The first-order valence-corrected chi connectivity index (χ1v) is 11.2. The van der Waals surface area contributed by atoms with E-state index in [2.05, 4.69) is 5.32 Å². The number of carbonyl (C=O) groups is 1. The van der Waals surface area contributed by atoms with E-state index in [0.717, 1.165) is 18.4 Å². The summed E-state index contributed by atoms with van der Waals surface area (Å²) in [6.45, 7) is 2.41. The first kappa shape index (κ1) is 21.0. The number of hydrogen-bond donors (Lipinski definition) is 1. The lowest BCUT2D eigenvalue weighted by Crippen LogP contribution is -2.37. The van der Waals surface area contributed by atoms with Gasteiger partial charge < -0.3 is 14.8 Å². The predicted octanol–water partition coefficient (Wildman–Crippen LogP) is 2.90. The van der Waals surface area contributed by atoms with Crippen molar-refractivity contribution in [2.75, 3.05) is 33.4 Å². The van der Waals surface area contributed by atoms with Crippen LogP contribution in [0.2, 0.25) is 0 Å². The van der Waals surface area contributed by atoms with Gasteiger partial charge in [-0.25, -0.2) is 8.51 Å². The van der Waals surface area contributed by atoms with Gasteiger partial charge in [0.2, 0.25) is 5.91 Å². The molecule has 1 N–H and O–H groups in total. The van der Waals surface area contributed by atoms with Gasteiger partial charge in [-0.2, -0.15) is 0 Å². The Labute approximate surface area is 169 Å². The highest BCUT2D eigenvalue weighted by Gasteiger charge is 2.21. The highest BCUT2D eigenvalue weighted by Crippen LogP contribution is 2.26. The number of amides is 1. The Morgan fingerprint density at radius 1 is 1.21 bits per heavy atom. The molecule has 1 saturated heterocycles. The molecule has 1 atom stereocenters. The van der Waals surface area contributed by atoms with Crippen molar-refractivity contribution in [3.63, 3.8) is 0 Å². The van der Waals surface area contributed by atoms with Gasteiger partial charge in [-0.3, -0.25) is 4.79 Å². The Hall–Kier alpha value is -1.70. The van der Waals surface area contributed by atoms with Crippen molar-refractivity contribution >= 4 is 23.0 Å². The first-order chi connectivity index (χ1) is 13.7. The molecule has 6 nitrogen and oxygen atoms in total. The monoisotopic (exact) mass is 406 g/mol. The fourth-order valence-electron chi connectivity index (χ4n) is 3.63. The van der Waals surface area contributed by atoms with E-state index in [1.807, 2.05) is 16.4 Å². The zero-order valence-electron chi connectivity index (χ0n) is 16.5. The quantitative estimate of drug-likeness (QED) is 0.583. The summed E-state index contributed by atoms with van der Waals surface area (Å²) in [5, 5.41) is 3.11. The summed E-state index contributed by atoms with van der Waals surface area (Å²) in [5.74, 6) is 0.517. The van der Waals surface area contributed by atoms with E-state index in [9.17, 15) is 9.00 Å². The van der Waals surface area contributed by atoms with Crippen LogP contribution in [0.25, 0.3) is 6.08 Å². The summed E-state index contributed by atoms with van der Waals surface area (Å²) in [7, 11) is 0.255. The van der Waals surface area contributed by atoms with Crippen LogP contribution in [-0.2, 0) is 20.5 Å². The van der Waals surface area contributed by atoms with Gasteiger partial charge in [-0.05, 0) is 36.6 Å². The second-order valence-corrected chi connectivity index (χ2v) is 8.69. The van der Waals surface area contributed by atoms with Gasteiger partial charge in [0.05, 0.1) is 25.2 Å². The number of ether oxygens (including phenoxy) is 2. The normalized spacial score (nSPS) is 20.6. The Morgan fingerprint density at radius 3 is 2.61 bits per heavy atom. The molecule has 2 aliphatic rings. The summed E-state index contributed by atoms with van der Waals surface area (Å²) in [6, 6.07) is 5.78. The topological polar surface area (TPSA) is 67.9 Å². The summed E-state index contributed by atoms with van der Waals surface area (Å²) in [4.78, 5) is 12.9. The minimum absolute atomic E-state index is 0.0708. The molecule has 1 aliphatic heterocycles. The number of morpholine rings is 1. The maximum Gasteiger partial charge on any atom is 0.244 e. The van der Waals surface area contributed by atoms with Crippen molar-refractivity contribution in [3.8, 4) is 5.75 Å². The molecule has 154 valence electrons. The summed E-state index contributed by atoms with van der Waals surface area (Å²) < 4.78 is 25.6. The smallest absolute Gasteiger partial charge is 0.244 e. The van der Waals surface area contributed by atoms with E-state index < -0.39 is 11.0 Å². The third-order valence-electron chi connectivity index (χ3n) is 5.21. The number of methoxy groups -OCH3 is 1. The van der Waals surface area contributed by atoms with Gasteiger partial charge in [0.15, 0.2) is 0 Å². The lowest BCUT2D eigenvalue weighted by Gasteiger charge is -2.26. The van der Waals surface area contributed by atoms with Gasteiger partial charge in [0, 0.05) is 25.2 Å². The molecule has 1 unspecified atom stereocenters. The molecule has 1 saturated carbocycles. The Kier molecular flexibility index (Phi) is 8.06. The van der Waals surface area contributed by atoms with Crippen molar-refractivity contribution in [1.29, 1.82) is 0 Å². The Balaban J connectivity index is 1.67. The van der Waals surface area contributed by atoms with E-state index >= 15 is 0 Å². The largest absolute Gasteiger partial charge is 0.495 e. The predicted molar refractivity (Wildman–Crippen MR) is 110 cm³/mol. The first-order valence-electron chi connectivity index (χ1n) is 10.1. The molecule has 1 aliphatic carbocycles. The second-order valence-electron chi connectivity index (χ2n) is 7.23. The molecule has 3 rings (SSSR count). The molecule has 2 fully saturated rings. The van der Waals surface area contributed by atoms with Gasteiger partial charge in [-0.1, -0.05) is 31.7 Å². The highest BCUT2D eigenvalue weighted by molar-refractivity contribution is 7.82. The minimum Gasteiger partial charge on any atom is -0.495 e. The molecule has 1 aromatic rings. The maximum absolute atomic E-state index is 13.0. The van der Waals surface area contributed by atoms with Crippen LogP contribution in [0.3, 0.4) is 0 Å². The fourth-order valence-corrected chi connectivity index (χ4v) is 4.95. The molecule has 1 amide bonds. The Morgan fingerprint density at radius 2 is 1.93 bits per heavy atom. The molecule has 7 heteroatoms. The van der Waals surface area contributed by atoms with Crippen molar-refractivity contribution in [2.45, 2.75) is 49.5 Å². The van der Waals surface area contributed by atoms with Crippen LogP contribution in [0.4, 0.5) is 0 Å². The van der Waals surface area contributed by atoms with E-state index in [1.165, 1.54) is 25.7 Å². The standard InChI is InChI=1S/C21H30N2O4S/c1-26-19-10-8-17(16-20(19)28(25)23-12-14-27-15-13-23)9-11-21(24)22-18-6-4-2-3-5-7-18/h8-11,16,18H,2-7,12-15H2,1H3,(H,22,24)/b11-9+. The number of carbonyl (C=O) groups excluding carboxylic acids is 1. The molecule has 0 radical (unpaired) electrons. The minimum atomic E-state index is -1.32. The van der Waals surface area contributed by atoms with Gasteiger partial charge in [0.1, 0.15) is 16.7 Å². The van der Waals surface area contributed by atoms with Crippen LogP contribution in [-0.4, -0.2) is 53.9 Å². The van der Waals surface area contributed by atoms with Gasteiger partial charge in [-0.15, -0.1) is 0 Å². The SMILES string of the molecule is COc1ccc(/C=C/C(=O)NC2CCCCCC2)cc1S(=O)N1CCOCC1. The van der Waals surface area contributed by atoms with E-state index in [0.29, 0.717) is 36.9 Å². The molecule has 0 bridgehead atoms. The highest BCUT2D eigenvalue weighted by atomic mass is 32.2. The van der Waals surface area contributed by atoms with Crippen LogP contribution in [0.15, 0.2) is 29.2 Å². The average Bonchev–Trinajstić information content (AvgIpc) is 3.00. The summed E-state index contributed by atoms with van der Waals surface area (Å²) in [6.07, 6.45) is 10.3. The third kappa shape index (κ3) is 5.90. The zero-order valence-corrected chi connectivity index (χ0v) is 17.3. The van der Waals surface area contributed by atoms with Crippen LogP contribution in [0.5, 0.6) is 5.75 Å². The van der Waals surface area contributed by atoms with Crippen LogP contribution >= 0.6 is 0 Å². The van der Waals surface area contributed by atoms with Crippen LogP contribution in [0, 0.1) is 0 Å². The number of rotatable bonds is 6. The Bertz CT molecular complexity index is 708. The second kappa shape index (κ2) is 10.7. The van der Waals surface area contributed by atoms with Crippen LogP contribution in [0.1, 0.15) is 44.1 Å². The van der Waals surface area contributed by atoms with Crippen molar-refractivity contribution in [3.05, 3.63) is 29.8 Å². The molecular formula is C21H30N2O4S. The molecule has 0 aromatic heterocycles. The van der Waals surface area contributed by atoms with Crippen molar-refractivity contribution < 1.29 is 18.5 Å². The average molecular weight is 407 g/mol. The molecule has 0 spiro atoms. The summed E-state index contributed by atoms with van der Waals surface area (Å²) in [5.41, 5.74) is 0.827. The van der Waals surface area contributed by atoms with Gasteiger partial charge >= 0.3 is 0 Å². The fraction of sp³-hybridized carbons (Fsp3) is 0.571.